The van der Waals surface area contributed by atoms with E-state index in [4.69, 9.17) is 0 Å². The molecule has 0 spiro atoms. The minimum Gasteiger partial charge on any atom is -0.350 e. The summed E-state index contributed by atoms with van der Waals surface area (Å²) in [4.78, 5) is 25.2. The van der Waals surface area contributed by atoms with Gasteiger partial charge in [-0.25, -0.2) is 13.2 Å². The van der Waals surface area contributed by atoms with E-state index in [0.29, 0.717) is 18.6 Å². The van der Waals surface area contributed by atoms with Crippen LogP contribution in [0.1, 0.15) is 24.8 Å². The predicted molar refractivity (Wildman–Crippen MR) is 118 cm³/mol. The Morgan fingerprint density at radius 1 is 0.968 bits per heavy atom. The van der Waals surface area contributed by atoms with Gasteiger partial charge in [0.2, 0.25) is 15.9 Å². The molecule has 164 valence electrons. The molecule has 9 heteroatoms. The van der Waals surface area contributed by atoms with Gasteiger partial charge in [-0.2, -0.15) is 4.31 Å². The van der Waals surface area contributed by atoms with Crippen molar-refractivity contribution in [1.82, 2.24) is 18.8 Å². The van der Waals surface area contributed by atoms with Gasteiger partial charge in [-0.15, -0.1) is 0 Å². The smallest absolute Gasteiger partial charge is 0.329 e. The van der Waals surface area contributed by atoms with Gasteiger partial charge >= 0.3 is 5.69 Å². The molecule has 8 nitrogen and oxygen atoms in total. The van der Waals surface area contributed by atoms with Gasteiger partial charge in [-0.3, -0.25) is 13.9 Å². The summed E-state index contributed by atoms with van der Waals surface area (Å²) >= 11 is 0. The van der Waals surface area contributed by atoms with E-state index >= 15 is 0 Å². The minimum atomic E-state index is -3.47. The highest BCUT2D eigenvalue weighted by atomic mass is 32.2. The maximum Gasteiger partial charge on any atom is 0.329 e. The van der Waals surface area contributed by atoms with Crippen molar-refractivity contribution < 1.29 is 13.2 Å². The van der Waals surface area contributed by atoms with E-state index in [1.165, 1.54) is 13.4 Å². The second-order valence-corrected chi connectivity index (χ2v) is 9.74. The number of carbonyl (C=O) groups excluding carboxylic acids is 1. The van der Waals surface area contributed by atoms with E-state index in [1.807, 2.05) is 24.3 Å². The molecule has 1 amide bonds. The molecule has 0 saturated carbocycles. The number of amides is 1. The fraction of sp³-hybridized carbons (Fsp3) is 0.364. The lowest BCUT2D eigenvalue weighted by Gasteiger charge is -2.25. The summed E-state index contributed by atoms with van der Waals surface area (Å²) in [7, 11) is -1.79. The Morgan fingerprint density at radius 3 is 2.29 bits per heavy atom. The Bertz CT molecular complexity index is 1250. The Hall–Kier alpha value is -2.91. The van der Waals surface area contributed by atoms with Crippen molar-refractivity contribution in [3.05, 3.63) is 64.6 Å². The van der Waals surface area contributed by atoms with Gasteiger partial charge < -0.3 is 5.32 Å². The maximum atomic E-state index is 12.7. The second kappa shape index (κ2) is 8.68. The first kappa shape index (κ1) is 21.3. The van der Waals surface area contributed by atoms with Crippen molar-refractivity contribution >= 4 is 27.0 Å². The number of piperidine rings is 1. The monoisotopic (exact) mass is 442 g/mol. The molecule has 31 heavy (non-hydrogen) atoms. The summed E-state index contributed by atoms with van der Waals surface area (Å²) in [6, 6.07) is 13.9. The van der Waals surface area contributed by atoms with Crippen molar-refractivity contribution in [3.8, 4) is 0 Å². The molecule has 2 heterocycles. The molecule has 2 aromatic carbocycles. The van der Waals surface area contributed by atoms with Gasteiger partial charge in [-0.1, -0.05) is 30.7 Å². The Balaban J connectivity index is 1.40. The number of aryl methyl sites for hydroxylation is 1. The molecule has 0 unspecified atom stereocenters. The number of para-hydroxylation sites is 2. The summed E-state index contributed by atoms with van der Waals surface area (Å²) < 4.78 is 30.0. The number of aromatic nitrogens is 2. The van der Waals surface area contributed by atoms with E-state index in [0.717, 1.165) is 30.3 Å². The van der Waals surface area contributed by atoms with Crippen LogP contribution in [0.25, 0.3) is 11.0 Å². The van der Waals surface area contributed by atoms with Crippen LogP contribution in [0.5, 0.6) is 0 Å². The van der Waals surface area contributed by atoms with Crippen LogP contribution in [0.4, 0.5) is 0 Å². The predicted octanol–water partition coefficient (Wildman–Crippen LogP) is 1.83. The standard InChI is InChI=1S/C22H26N4O4S/c1-24-19-7-3-4-8-20(19)26(22(24)28)16-21(27)23-15-17-9-11-18(12-10-17)31(29,30)25-13-5-2-6-14-25/h3-4,7-12H,2,5-6,13-16H2,1H3,(H,23,27). The molecule has 3 aromatic rings. The van der Waals surface area contributed by atoms with Crippen LogP contribution in [0.15, 0.2) is 58.2 Å². The minimum absolute atomic E-state index is 0.0817. The molecule has 0 atom stereocenters. The molecule has 4 rings (SSSR count). The van der Waals surface area contributed by atoms with Crippen LogP contribution in [0.2, 0.25) is 0 Å². The molecule has 0 bridgehead atoms. The van der Waals surface area contributed by atoms with Crippen molar-refractivity contribution in [2.24, 2.45) is 7.05 Å². The Kier molecular flexibility index (Phi) is 5.97. The molecule has 0 radical (unpaired) electrons. The van der Waals surface area contributed by atoms with E-state index in [1.54, 1.807) is 31.3 Å². The highest BCUT2D eigenvalue weighted by Crippen LogP contribution is 2.21. The zero-order valence-electron chi connectivity index (χ0n) is 17.5. The number of benzene rings is 2. The fourth-order valence-corrected chi connectivity index (χ4v) is 5.47. The van der Waals surface area contributed by atoms with E-state index < -0.39 is 10.0 Å². The molecule has 1 N–H and O–H groups in total. The van der Waals surface area contributed by atoms with E-state index in [9.17, 15) is 18.0 Å². The summed E-state index contributed by atoms with van der Waals surface area (Å²) in [5.41, 5.74) is 2.02. The summed E-state index contributed by atoms with van der Waals surface area (Å²) in [6.45, 7) is 1.30. The first-order chi connectivity index (χ1) is 14.9. The number of sulfonamides is 1. The second-order valence-electron chi connectivity index (χ2n) is 7.80. The van der Waals surface area contributed by atoms with Crippen molar-refractivity contribution in [1.29, 1.82) is 0 Å². The molecule has 1 aliphatic rings. The van der Waals surface area contributed by atoms with Crippen LogP contribution in [0, 0.1) is 0 Å². The molecule has 1 aliphatic heterocycles. The number of carbonyl (C=O) groups is 1. The number of fused-ring (bicyclic) bond motifs is 1. The maximum absolute atomic E-state index is 12.7. The number of nitrogens with one attached hydrogen (secondary N) is 1. The number of imidazole rings is 1. The third-order valence-corrected chi connectivity index (χ3v) is 7.63. The van der Waals surface area contributed by atoms with Crippen LogP contribution in [-0.2, 0) is 35.0 Å². The van der Waals surface area contributed by atoms with Gasteiger partial charge in [0.15, 0.2) is 0 Å². The number of rotatable bonds is 6. The molecule has 1 aromatic heterocycles. The fourth-order valence-electron chi connectivity index (χ4n) is 3.95. The van der Waals surface area contributed by atoms with Crippen LogP contribution in [0.3, 0.4) is 0 Å². The third-order valence-electron chi connectivity index (χ3n) is 5.72. The van der Waals surface area contributed by atoms with Crippen LogP contribution < -0.4 is 11.0 Å². The van der Waals surface area contributed by atoms with Gasteiger partial charge in [0.25, 0.3) is 0 Å². The Labute approximate surface area is 181 Å². The van der Waals surface area contributed by atoms with E-state index in [-0.39, 0.29) is 29.6 Å². The van der Waals surface area contributed by atoms with Gasteiger partial charge in [0.1, 0.15) is 6.54 Å². The normalized spacial score (nSPS) is 15.3. The third kappa shape index (κ3) is 4.28. The number of hydrogen-bond donors (Lipinski definition) is 1. The van der Waals surface area contributed by atoms with Crippen molar-refractivity contribution in [2.75, 3.05) is 13.1 Å². The SMILES string of the molecule is Cn1c(=O)n(CC(=O)NCc2ccc(S(=O)(=O)N3CCCCC3)cc2)c2ccccc21. The molecule has 0 aliphatic carbocycles. The van der Waals surface area contributed by atoms with Gasteiger partial charge in [0, 0.05) is 26.7 Å². The zero-order chi connectivity index (χ0) is 22.0. The van der Waals surface area contributed by atoms with Crippen LogP contribution in [-0.4, -0.2) is 40.9 Å². The quantitative estimate of drug-likeness (QED) is 0.630. The summed E-state index contributed by atoms with van der Waals surface area (Å²) in [5, 5.41) is 2.80. The number of nitrogens with zero attached hydrogens (tertiary/aromatic N) is 3. The highest BCUT2D eigenvalue weighted by Gasteiger charge is 2.25. The largest absolute Gasteiger partial charge is 0.350 e. The van der Waals surface area contributed by atoms with E-state index in [2.05, 4.69) is 5.32 Å². The average molecular weight is 443 g/mol. The zero-order valence-corrected chi connectivity index (χ0v) is 18.3. The molecular formula is C22H26N4O4S. The average Bonchev–Trinajstić information content (AvgIpc) is 3.03. The summed E-state index contributed by atoms with van der Waals surface area (Å²) in [5.74, 6) is -0.288. The topological polar surface area (TPSA) is 93.4 Å². The first-order valence-corrected chi connectivity index (χ1v) is 11.8. The Morgan fingerprint density at radius 2 is 1.61 bits per heavy atom. The van der Waals surface area contributed by atoms with Crippen LogP contribution >= 0.6 is 0 Å². The van der Waals surface area contributed by atoms with Gasteiger partial charge in [-0.05, 0) is 42.7 Å². The lowest BCUT2D eigenvalue weighted by Crippen LogP contribution is -2.35. The molecule has 1 saturated heterocycles. The summed E-state index contributed by atoms with van der Waals surface area (Å²) in [6.07, 6.45) is 2.85. The van der Waals surface area contributed by atoms with Gasteiger partial charge in [0.05, 0.1) is 15.9 Å². The first-order valence-electron chi connectivity index (χ1n) is 10.4. The lowest BCUT2D eigenvalue weighted by atomic mass is 10.2. The van der Waals surface area contributed by atoms with Crippen molar-refractivity contribution in [2.45, 2.75) is 37.2 Å². The van der Waals surface area contributed by atoms with Crippen molar-refractivity contribution in [3.63, 3.8) is 0 Å². The lowest BCUT2D eigenvalue weighted by molar-refractivity contribution is -0.121. The molecular weight excluding hydrogens is 416 g/mol. The molecule has 1 fully saturated rings. The highest BCUT2D eigenvalue weighted by molar-refractivity contribution is 7.89. The number of hydrogen-bond acceptors (Lipinski definition) is 4.